The Morgan fingerprint density at radius 1 is 1.30 bits per heavy atom. The summed E-state index contributed by atoms with van der Waals surface area (Å²) < 4.78 is 15.7. The maximum absolute atomic E-state index is 5.73. The molecule has 0 spiro atoms. The van der Waals surface area contributed by atoms with E-state index in [1.54, 1.807) is 14.0 Å². The fourth-order valence-corrected chi connectivity index (χ4v) is 1.73. The highest BCUT2D eigenvalue weighted by Gasteiger charge is 2.06. The Morgan fingerprint density at radius 2 is 2.15 bits per heavy atom. The molecule has 1 heterocycles. The van der Waals surface area contributed by atoms with Crippen LogP contribution in [-0.2, 0) is 17.9 Å². The Morgan fingerprint density at radius 3 is 2.90 bits per heavy atom. The van der Waals surface area contributed by atoms with E-state index in [1.807, 2.05) is 24.3 Å². The lowest BCUT2D eigenvalue weighted by Gasteiger charge is -2.10. The SMILES string of the molecule is COCCNCc1ccccc1OCc1nc(C)no1. The molecule has 0 unspecified atom stereocenters. The van der Waals surface area contributed by atoms with Crippen molar-refractivity contribution >= 4 is 0 Å². The minimum absolute atomic E-state index is 0.274. The first-order chi connectivity index (χ1) is 9.79. The summed E-state index contributed by atoms with van der Waals surface area (Å²) in [5, 5.41) is 7.02. The van der Waals surface area contributed by atoms with Crippen LogP contribution in [-0.4, -0.2) is 30.4 Å². The molecule has 0 atom stereocenters. The normalized spacial score (nSPS) is 10.7. The number of hydrogen-bond acceptors (Lipinski definition) is 6. The third-order valence-electron chi connectivity index (χ3n) is 2.69. The first kappa shape index (κ1) is 14.5. The van der Waals surface area contributed by atoms with E-state index >= 15 is 0 Å². The number of hydrogen-bond donors (Lipinski definition) is 1. The fraction of sp³-hybridized carbons (Fsp3) is 0.429. The van der Waals surface area contributed by atoms with Gasteiger partial charge in [-0.15, -0.1) is 0 Å². The molecule has 108 valence electrons. The first-order valence-electron chi connectivity index (χ1n) is 6.49. The molecule has 0 saturated carbocycles. The van der Waals surface area contributed by atoms with Crippen molar-refractivity contribution in [2.75, 3.05) is 20.3 Å². The Bertz CT molecular complexity index is 528. The van der Waals surface area contributed by atoms with E-state index < -0.39 is 0 Å². The van der Waals surface area contributed by atoms with Gasteiger partial charge in [-0.3, -0.25) is 0 Å². The minimum atomic E-state index is 0.274. The van der Waals surface area contributed by atoms with Crippen molar-refractivity contribution in [2.45, 2.75) is 20.1 Å². The molecule has 0 aliphatic rings. The molecule has 0 saturated heterocycles. The molecule has 2 rings (SSSR count). The van der Waals surface area contributed by atoms with Crippen LogP contribution in [0.3, 0.4) is 0 Å². The maximum Gasteiger partial charge on any atom is 0.264 e. The lowest BCUT2D eigenvalue weighted by Crippen LogP contribution is -2.19. The van der Waals surface area contributed by atoms with Gasteiger partial charge in [-0.1, -0.05) is 23.4 Å². The highest BCUT2D eigenvalue weighted by molar-refractivity contribution is 5.33. The summed E-state index contributed by atoms with van der Waals surface area (Å²) in [5.74, 6) is 1.90. The molecule has 0 aliphatic carbocycles. The largest absolute Gasteiger partial charge is 0.483 e. The summed E-state index contributed by atoms with van der Waals surface area (Å²) in [6.07, 6.45) is 0. The van der Waals surface area contributed by atoms with Crippen molar-refractivity contribution in [2.24, 2.45) is 0 Å². The number of rotatable bonds is 8. The lowest BCUT2D eigenvalue weighted by atomic mass is 10.2. The Hall–Kier alpha value is -1.92. The molecular weight excluding hydrogens is 258 g/mol. The molecule has 1 aromatic heterocycles. The highest BCUT2D eigenvalue weighted by Crippen LogP contribution is 2.18. The summed E-state index contributed by atoms with van der Waals surface area (Å²) in [6, 6.07) is 7.87. The second kappa shape index (κ2) is 7.62. The Balaban J connectivity index is 1.90. The topological polar surface area (TPSA) is 69.4 Å². The first-order valence-corrected chi connectivity index (χ1v) is 6.49. The quantitative estimate of drug-likeness (QED) is 0.741. The zero-order valence-corrected chi connectivity index (χ0v) is 11.8. The van der Waals surface area contributed by atoms with Crippen LogP contribution >= 0.6 is 0 Å². The molecule has 2 aromatic rings. The number of aryl methyl sites for hydroxylation is 1. The number of nitrogens with one attached hydrogen (secondary N) is 1. The van der Waals surface area contributed by atoms with Gasteiger partial charge in [0.15, 0.2) is 12.4 Å². The fourth-order valence-electron chi connectivity index (χ4n) is 1.73. The number of nitrogens with zero attached hydrogens (tertiary/aromatic N) is 2. The van der Waals surface area contributed by atoms with E-state index in [-0.39, 0.29) is 6.61 Å². The van der Waals surface area contributed by atoms with Gasteiger partial charge in [-0.25, -0.2) is 0 Å². The van der Waals surface area contributed by atoms with Crippen LogP contribution < -0.4 is 10.1 Å². The monoisotopic (exact) mass is 277 g/mol. The molecule has 6 heteroatoms. The van der Waals surface area contributed by atoms with E-state index in [0.29, 0.717) is 18.3 Å². The number of methoxy groups -OCH3 is 1. The molecule has 0 fully saturated rings. The van der Waals surface area contributed by atoms with Gasteiger partial charge in [0.1, 0.15) is 5.75 Å². The molecule has 6 nitrogen and oxygen atoms in total. The van der Waals surface area contributed by atoms with E-state index in [1.165, 1.54) is 0 Å². The van der Waals surface area contributed by atoms with Crippen molar-refractivity contribution in [3.63, 3.8) is 0 Å². The summed E-state index contributed by atoms with van der Waals surface area (Å²) >= 11 is 0. The van der Waals surface area contributed by atoms with Gasteiger partial charge >= 0.3 is 0 Å². The molecule has 0 bridgehead atoms. The average Bonchev–Trinajstić information content (AvgIpc) is 2.88. The molecule has 1 aromatic carbocycles. The third kappa shape index (κ3) is 4.32. The third-order valence-corrected chi connectivity index (χ3v) is 2.69. The van der Waals surface area contributed by atoms with Gasteiger partial charge in [-0.05, 0) is 13.0 Å². The second-order valence-electron chi connectivity index (χ2n) is 4.30. The van der Waals surface area contributed by atoms with Crippen LogP contribution in [0.1, 0.15) is 17.3 Å². The zero-order chi connectivity index (χ0) is 14.2. The van der Waals surface area contributed by atoms with Crippen LogP contribution in [0.25, 0.3) is 0 Å². The van der Waals surface area contributed by atoms with Crippen LogP contribution in [0.5, 0.6) is 5.75 Å². The number of para-hydroxylation sites is 1. The van der Waals surface area contributed by atoms with Crippen molar-refractivity contribution in [3.8, 4) is 5.75 Å². The molecule has 0 aliphatic heterocycles. The van der Waals surface area contributed by atoms with E-state index in [0.717, 1.165) is 24.4 Å². The van der Waals surface area contributed by atoms with Crippen molar-refractivity contribution < 1.29 is 14.0 Å². The second-order valence-corrected chi connectivity index (χ2v) is 4.30. The average molecular weight is 277 g/mol. The van der Waals surface area contributed by atoms with Crippen LogP contribution in [0.2, 0.25) is 0 Å². The van der Waals surface area contributed by atoms with Gasteiger partial charge < -0.3 is 19.3 Å². The van der Waals surface area contributed by atoms with Gasteiger partial charge in [0.2, 0.25) is 0 Å². The molecular formula is C14H19N3O3. The van der Waals surface area contributed by atoms with Crippen molar-refractivity contribution in [3.05, 3.63) is 41.5 Å². The summed E-state index contributed by atoms with van der Waals surface area (Å²) in [5.41, 5.74) is 1.08. The zero-order valence-electron chi connectivity index (χ0n) is 11.8. The molecule has 0 amide bonds. The minimum Gasteiger partial charge on any atom is -0.483 e. The smallest absolute Gasteiger partial charge is 0.264 e. The number of ether oxygens (including phenoxy) is 2. The van der Waals surface area contributed by atoms with Gasteiger partial charge in [-0.2, -0.15) is 4.98 Å². The van der Waals surface area contributed by atoms with E-state index in [2.05, 4.69) is 15.5 Å². The summed E-state index contributed by atoms with van der Waals surface area (Å²) in [7, 11) is 1.69. The summed E-state index contributed by atoms with van der Waals surface area (Å²) in [6.45, 7) is 4.26. The predicted octanol–water partition coefficient (Wildman–Crippen LogP) is 1.69. The number of aromatic nitrogens is 2. The molecule has 1 N–H and O–H groups in total. The van der Waals surface area contributed by atoms with Crippen molar-refractivity contribution in [1.29, 1.82) is 0 Å². The highest BCUT2D eigenvalue weighted by atomic mass is 16.5. The van der Waals surface area contributed by atoms with Crippen molar-refractivity contribution in [1.82, 2.24) is 15.5 Å². The lowest BCUT2D eigenvalue weighted by molar-refractivity contribution is 0.198. The maximum atomic E-state index is 5.73. The Kier molecular flexibility index (Phi) is 5.52. The molecule has 0 radical (unpaired) electrons. The molecule has 20 heavy (non-hydrogen) atoms. The van der Waals surface area contributed by atoms with E-state index in [4.69, 9.17) is 14.0 Å². The van der Waals surface area contributed by atoms with Crippen LogP contribution in [0.4, 0.5) is 0 Å². The van der Waals surface area contributed by atoms with Crippen LogP contribution in [0, 0.1) is 6.92 Å². The predicted molar refractivity (Wildman–Crippen MR) is 73.4 cm³/mol. The van der Waals surface area contributed by atoms with Gasteiger partial charge in [0, 0.05) is 25.8 Å². The standard InChI is InChI=1S/C14H19N3O3/c1-11-16-14(20-17-11)10-19-13-6-4-3-5-12(13)9-15-7-8-18-2/h3-6,15H,7-10H2,1-2H3. The number of benzene rings is 1. The van der Waals surface area contributed by atoms with Crippen LogP contribution in [0.15, 0.2) is 28.8 Å². The Labute approximate surface area is 118 Å². The van der Waals surface area contributed by atoms with Gasteiger partial charge in [0.05, 0.1) is 6.61 Å². The van der Waals surface area contributed by atoms with Gasteiger partial charge in [0.25, 0.3) is 5.89 Å². The summed E-state index contributed by atoms with van der Waals surface area (Å²) in [4.78, 5) is 4.11. The van der Waals surface area contributed by atoms with E-state index in [9.17, 15) is 0 Å².